The van der Waals surface area contributed by atoms with E-state index in [0.717, 1.165) is 32.1 Å². The number of methoxy groups -OCH3 is 1. The van der Waals surface area contributed by atoms with Gasteiger partial charge in [-0.15, -0.1) is 24.0 Å². The van der Waals surface area contributed by atoms with Gasteiger partial charge in [-0.1, -0.05) is 6.92 Å². The van der Waals surface area contributed by atoms with E-state index in [0.29, 0.717) is 12.6 Å². The number of guanidine groups is 1. The lowest BCUT2D eigenvalue weighted by atomic mass is 10.1. The van der Waals surface area contributed by atoms with Crippen molar-refractivity contribution in [2.24, 2.45) is 4.99 Å². The van der Waals surface area contributed by atoms with Crippen molar-refractivity contribution < 1.29 is 4.74 Å². The zero-order valence-corrected chi connectivity index (χ0v) is 17.2. The van der Waals surface area contributed by atoms with Gasteiger partial charge < -0.3 is 15.4 Å². The molecule has 0 saturated carbocycles. The van der Waals surface area contributed by atoms with Crippen molar-refractivity contribution in [2.45, 2.75) is 53.2 Å². The number of ether oxygens (including phenoxy) is 1. The highest BCUT2D eigenvalue weighted by Gasteiger charge is 2.15. The Hall–Kier alpha value is -0.0800. The zero-order chi connectivity index (χ0) is 15.6. The molecule has 0 bridgehead atoms. The molecule has 0 atom stereocenters. The fourth-order valence-corrected chi connectivity index (χ4v) is 1.78. The molecule has 0 aromatic rings. The molecule has 0 rings (SSSR count). The number of nitrogens with zero attached hydrogens (tertiary/aromatic N) is 2. The van der Waals surface area contributed by atoms with Gasteiger partial charge in [0.25, 0.3) is 0 Å². The maximum absolute atomic E-state index is 5.39. The van der Waals surface area contributed by atoms with E-state index in [2.05, 4.69) is 48.2 Å². The van der Waals surface area contributed by atoms with Crippen LogP contribution in [0, 0.1) is 0 Å². The summed E-state index contributed by atoms with van der Waals surface area (Å²) in [6.07, 6.45) is 0. The minimum atomic E-state index is -0.226. The summed E-state index contributed by atoms with van der Waals surface area (Å²) in [5, 5.41) is 6.64. The average molecular weight is 414 g/mol. The van der Waals surface area contributed by atoms with Gasteiger partial charge in [0.2, 0.25) is 0 Å². The Kier molecular flexibility index (Phi) is 13.8. The number of rotatable bonds is 9. The molecule has 0 saturated heterocycles. The van der Waals surface area contributed by atoms with Crippen molar-refractivity contribution in [3.05, 3.63) is 0 Å². The van der Waals surface area contributed by atoms with Gasteiger partial charge >= 0.3 is 0 Å². The van der Waals surface area contributed by atoms with E-state index in [1.807, 2.05) is 13.8 Å². The van der Waals surface area contributed by atoms with Crippen LogP contribution in [0.3, 0.4) is 0 Å². The number of halogens is 1. The van der Waals surface area contributed by atoms with Gasteiger partial charge in [-0.2, -0.15) is 0 Å². The molecule has 128 valence electrons. The molecule has 0 aliphatic heterocycles. The fourth-order valence-electron chi connectivity index (χ4n) is 1.78. The molecule has 0 amide bonds. The normalized spacial score (nSPS) is 12.5. The fraction of sp³-hybridized carbons (Fsp3) is 0.933. The Morgan fingerprint density at radius 2 is 1.86 bits per heavy atom. The Bertz CT molecular complexity index is 283. The minimum absolute atomic E-state index is 0. The molecule has 6 heteroatoms. The largest absolute Gasteiger partial charge is 0.377 e. The Morgan fingerprint density at radius 3 is 2.29 bits per heavy atom. The summed E-state index contributed by atoms with van der Waals surface area (Å²) in [6.45, 7) is 17.3. The zero-order valence-electron chi connectivity index (χ0n) is 14.8. The smallest absolute Gasteiger partial charge is 0.191 e. The molecule has 0 aliphatic rings. The van der Waals surface area contributed by atoms with Crippen molar-refractivity contribution in [1.82, 2.24) is 15.5 Å². The Balaban J connectivity index is 0. The number of likely N-dealkylation sites (N-methyl/N-ethyl adjacent to an activating group) is 1. The van der Waals surface area contributed by atoms with Crippen LogP contribution in [0.2, 0.25) is 0 Å². The first-order valence-corrected chi connectivity index (χ1v) is 7.67. The highest BCUT2D eigenvalue weighted by atomic mass is 127. The second kappa shape index (κ2) is 12.5. The molecule has 0 spiro atoms. The summed E-state index contributed by atoms with van der Waals surface area (Å²) in [5.41, 5.74) is -0.226. The van der Waals surface area contributed by atoms with Crippen LogP contribution in [0.1, 0.15) is 41.5 Å². The summed E-state index contributed by atoms with van der Waals surface area (Å²) < 4.78 is 5.39. The van der Waals surface area contributed by atoms with Gasteiger partial charge in [0.1, 0.15) is 0 Å². The van der Waals surface area contributed by atoms with Crippen LogP contribution in [0.25, 0.3) is 0 Å². The second-order valence-corrected chi connectivity index (χ2v) is 5.81. The lowest BCUT2D eigenvalue weighted by Gasteiger charge is -2.25. The van der Waals surface area contributed by atoms with Crippen molar-refractivity contribution in [3.8, 4) is 0 Å². The number of hydrogen-bond donors (Lipinski definition) is 2. The molecule has 0 fully saturated rings. The van der Waals surface area contributed by atoms with Gasteiger partial charge in [0.05, 0.1) is 12.1 Å². The predicted molar refractivity (Wildman–Crippen MR) is 103 cm³/mol. The van der Waals surface area contributed by atoms with Crippen molar-refractivity contribution in [1.29, 1.82) is 0 Å². The highest BCUT2D eigenvalue weighted by molar-refractivity contribution is 14.0. The van der Waals surface area contributed by atoms with Crippen LogP contribution in [-0.2, 0) is 4.74 Å². The first-order valence-electron chi connectivity index (χ1n) is 7.67. The van der Waals surface area contributed by atoms with E-state index >= 15 is 0 Å². The molecule has 5 nitrogen and oxygen atoms in total. The number of hydrogen-bond acceptors (Lipinski definition) is 3. The van der Waals surface area contributed by atoms with E-state index in [1.54, 1.807) is 7.11 Å². The van der Waals surface area contributed by atoms with Crippen LogP contribution in [0.4, 0.5) is 0 Å². The van der Waals surface area contributed by atoms with Gasteiger partial charge in [-0.05, 0) is 41.2 Å². The Morgan fingerprint density at radius 1 is 1.24 bits per heavy atom. The van der Waals surface area contributed by atoms with E-state index < -0.39 is 0 Å². The SMILES string of the molecule is CCNC(=NCC(C)(C)OC)NCCN(CC)C(C)C.I. The first kappa shape index (κ1) is 23.2. The number of aliphatic imine (C=N–C) groups is 1. The molecule has 0 unspecified atom stereocenters. The summed E-state index contributed by atoms with van der Waals surface area (Å²) in [6, 6.07) is 0.578. The molecule has 0 aromatic carbocycles. The predicted octanol–water partition coefficient (Wildman–Crippen LogP) is 2.31. The summed E-state index contributed by atoms with van der Waals surface area (Å²) in [5.74, 6) is 0.859. The van der Waals surface area contributed by atoms with Crippen molar-refractivity contribution >= 4 is 29.9 Å². The first-order chi connectivity index (χ1) is 9.36. The number of nitrogens with one attached hydrogen (secondary N) is 2. The lowest BCUT2D eigenvalue weighted by Crippen LogP contribution is -2.43. The maximum Gasteiger partial charge on any atom is 0.191 e. The van der Waals surface area contributed by atoms with Crippen LogP contribution in [-0.4, -0.2) is 62.3 Å². The summed E-state index contributed by atoms with van der Waals surface area (Å²) >= 11 is 0. The molecule has 21 heavy (non-hydrogen) atoms. The third-order valence-corrected chi connectivity index (χ3v) is 3.34. The molecule has 0 aromatic heterocycles. The molecule has 2 N–H and O–H groups in total. The van der Waals surface area contributed by atoms with E-state index in [9.17, 15) is 0 Å². The average Bonchev–Trinajstić information content (AvgIpc) is 2.40. The highest BCUT2D eigenvalue weighted by Crippen LogP contribution is 2.06. The quantitative estimate of drug-likeness (QED) is 0.346. The summed E-state index contributed by atoms with van der Waals surface area (Å²) in [7, 11) is 1.72. The second-order valence-electron chi connectivity index (χ2n) is 5.81. The monoisotopic (exact) mass is 414 g/mol. The van der Waals surface area contributed by atoms with Crippen LogP contribution < -0.4 is 10.6 Å². The standard InChI is InChI=1S/C15H34N4O.HI/c1-8-16-14(18-12-15(5,6)20-7)17-10-11-19(9-2)13(3)4;/h13H,8-12H2,1-7H3,(H2,16,17,18);1H. The third-order valence-electron chi connectivity index (χ3n) is 3.34. The minimum Gasteiger partial charge on any atom is -0.377 e. The molecular formula is C15H35IN4O. The topological polar surface area (TPSA) is 48.9 Å². The third kappa shape index (κ3) is 11.2. The molecule has 0 heterocycles. The van der Waals surface area contributed by atoms with Gasteiger partial charge in [0, 0.05) is 32.8 Å². The van der Waals surface area contributed by atoms with E-state index in [1.165, 1.54) is 0 Å². The van der Waals surface area contributed by atoms with Crippen LogP contribution in [0.5, 0.6) is 0 Å². The van der Waals surface area contributed by atoms with Crippen LogP contribution in [0.15, 0.2) is 4.99 Å². The van der Waals surface area contributed by atoms with Gasteiger partial charge in [-0.3, -0.25) is 9.89 Å². The maximum atomic E-state index is 5.39. The van der Waals surface area contributed by atoms with Crippen molar-refractivity contribution in [2.75, 3.05) is 39.8 Å². The van der Waals surface area contributed by atoms with Crippen molar-refractivity contribution in [3.63, 3.8) is 0 Å². The van der Waals surface area contributed by atoms with Crippen LogP contribution >= 0.6 is 24.0 Å². The van der Waals surface area contributed by atoms with Gasteiger partial charge in [-0.25, -0.2) is 0 Å². The van der Waals surface area contributed by atoms with E-state index in [-0.39, 0.29) is 29.6 Å². The van der Waals surface area contributed by atoms with Gasteiger partial charge in [0.15, 0.2) is 5.96 Å². The molecule has 0 aliphatic carbocycles. The summed E-state index contributed by atoms with van der Waals surface area (Å²) in [4.78, 5) is 7.00. The molecule has 0 radical (unpaired) electrons. The Labute approximate surface area is 148 Å². The van der Waals surface area contributed by atoms with E-state index in [4.69, 9.17) is 4.74 Å². The molecular weight excluding hydrogens is 379 g/mol. The lowest BCUT2D eigenvalue weighted by molar-refractivity contribution is 0.0310.